The number of nitrogens with zero attached hydrogens (tertiary/aromatic N) is 2. The van der Waals surface area contributed by atoms with Crippen molar-refractivity contribution < 1.29 is 22.7 Å². The summed E-state index contributed by atoms with van der Waals surface area (Å²) in [6, 6.07) is 15.8. The number of anilines is 1. The molecule has 0 fully saturated rings. The number of nitrogens with one attached hydrogen (secondary N) is 1. The molecule has 0 bridgehead atoms. The number of rotatable bonds is 12. The topological polar surface area (TPSA) is 96.0 Å². The zero-order valence-corrected chi connectivity index (χ0v) is 26.2. The number of hydrogen-bond acceptors (Lipinski definition) is 5. The fourth-order valence-corrected chi connectivity index (χ4v) is 6.30. The van der Waals surface area contributed by atoms with Gasteiger partial charge in [0.25, 0.3) is 10.0 Å². The van der Waals surface area contributed by atoms with Crippen molar-refractivity contribution in [1.29, 1.82) is 0 Å². The van der Waals surface area contributed by atoms with Crippen LogP contribution in [0.4, 0.5) is 5.69 Å². The quantitative estimate of drug-likeness (QED) is 0.255. The number of carbonyl (C=O) groups is 2. The van der Waals surface area contributed by atoms with Gasteiger partial charge in [-0.05, 0) is 74.9 Å². The molecule has 0 saturated carbocycles. The first-order valence-electron chi connectivity index (χ1n) is 12.8. The van der Waals surface area contributed by atoms with Crippen molar-refractivity contribution in [3.63, 3.8) is 0 Å². The summed E-state index contributed by atoms with van der Waals surface area (Å²) >= 11 is 19.1. The molecule has 0 spiro atoms. The number of carbonyl (C=O) groups excluding carboxylic acids is 2. The largest absolute Gasteiger partial charge is 0.497 e. The van der Waals surface area contributed by atoms with E-state index in [2.05, 4.69) is 5.32 Å². The van der Waals surface area contributed by atoms with E-state index < -0.39 is 28.5 Å². The van der Waals surface area contributed by atoms with Gasteiger partial charge in [0, 0.05) is 33.2 Å². The molecule has 0 aliphatic heterocycles. The third-order valence-corrected chi connectivity index (χ3v) is 8.96. The van der Waals surface area contributed by atoms with Gasteiger partial charge in [0.1, 0.15) is 18.3 Å². The number of hydrogen-bond donors (Lipinski definition) is 1. The van der Waals surface area contributed by atoms with Gasteiger partial charge in [-0.25, -0.2) is 8.42 Å². The average Bonchev–Trinajstić information content (AvgIpc) is 2.92. The zero-order chi connectivity index (χ0) is 30.3. The minimum atomic E-state index is -4.27. The van der Waals surface area contributed by atoms with Gasteiger partial charge in [-0.15, -0.1) is 0 Å². The minimum Gasteiger partial charge on any atom is -0.497 e. The molecule has 0 saturated heterocycles. The molecule has 220 valence electrons. The molecule has 3 aromatic carbocycles. The standard InChI is InChI=1S/C29H32Cl3N3O5S/c1-5-27(29(37)33-19(2)3)34(17-24-25(31)10-7-11-26(24)32)28(36)18-35(21-9-6-8-20(30)16-21)41(38,39)23-14-12-22(40-4)13-15-23/h6-16,19,27H,5,17-18H2,1-4H3,(H,33,37)/t27-/m1/s1. The van der Waals surface area contributed by atoms with Crippen molar-refractivity contribution in [1.82, 2.24) is 10.2 Å². The Morgan fingerprint density at radius 3 is 2.10 bits per heavy atom. The number of ether oxygens (including phenoxy) is 1. The first-order valence-corrected chi connectivity index (χ1v) is 15.4. The third-order valence-electron chi connectivity index (χ3n) is 6.23. The van der Waals surface area contributed by atoms with Gasteiger partial charge < -0.3 is 15.0 Å². The van der Waals surface area contributed by atoms with Crippen LogP contribution in [0.1, 0.15) is 32.8 Å². The highest BCUT2D eigenvalue weighted by atomic mass is 35.5. The highest BCUT2D eigenvalue weighted by Crippen LogP contribution is 2.30. The van der Waals surface area contributed by atoms with Crippen LogP contribution in [-0.2, 0) is 26.2 Å². The zero-order valence-electron chi connectivity index (χ0n) is 23.1. The Morgan fingerprint density at radius 2 is 1.56 bits per heavy atom. The molecular weight excluding hydrogens is 609 g/mol. The molecule has 0 aliphatic carbocycles. The van der Waals surface area contributed by atoms with Crippen molar-refractivity contribution in [2.45, 2.75) is 50.7 Å². The molecule has 41 heavy (non-hydrogen) atoms. The predicted octanol–water partition coefficient (Wildman–Crippen LogP) is 6.18. The van der Waals surface area contributed by atoms with Crippen LogP contribution in [0.5, 0.6) is 5.75 Å². The van der Waals surface area contributed by atoms with Crippen molar-refractivity contribution in [3.8, 4) is 5.75 Å². The summed E-state index contributed by atoms with van der Waals surface area (Å²) in [4.78, 5) is 28.6. The van der Waals surface area contributed by atoms with Crippen LogP contribution in [0.15, 0.2) is 71.6 Å². The molecule has 1 atom stereocenters. The lowest BCUT2D eigenvalue weighted by atomic mass is 10.1. The van der Waals surface area contributed by atoms with Crippen molar-refractivity contribution in [3.05, 3.63) is 87.4 Å². The van der Waals surface area contributed by atoms with Crippen molar-refractivity contribution in [2.24, 2.45) is 0 Å². The van der Waals surface area contributed by atoms with E-state index in [9.17, 15) is 18.0 Å². The SMILES string of the molecule is CC[C@H](C(=O)NC(C)C)N(Cc1c(Cl)cccc1Cl)C(=O)CN(c1cccc(Cl)c1)S(=O)(=O)c1ccc(OC)cc1. The van der Waals surface area contributed by atoms with Crippen molar-refractivity contribution in [2.75, 3.05) is 18.0 Å². The number of halogens is 3. The van der Waals surface area contributed by atoms with E-state index in [1.165, 1.54) is 48.4 Å². The van der Waals surface area contributed by atoms with E-state index >= 15 is 0 Å². The highest BCUT2D eigenvalue weighted by Gasteiger charge is 2.34. The molecule has 1 N–H and O–H groups in total. The van der Waals surface area contributed by atoms with Crippen LogP contribution in [0, 0.1) is 0 Å². The molecule has 3 aromatic rings. The molecule has 2 amide bonds. The average molecular weight is 641 g/mol. The highest BCUT2D eigenvalue weighted by molar-refractivity contribution is 7.92. The second-order valence-electron chi connectivity index (χ2n) is 9.48. The maximum absolute atomic E-state index is 14.1. The van der Waals surface area contributed by atoms with Crippen LogP contribution in [0.25, 0.3) is 0 Å². The number of sulfonamides is 1. The lowest BCUT2D eigenvalue weighted by Crippen LogP contribution is -2.53. The number of amides is 2. The first kappa shape index (κ1) is 32.5. The van der Waals surface area contributed by atoms with E-state index in [0.29, 0.717) is 21.4 Å². The van der Waals surface area contributed by atoms with Crippen LogP contribution in [0.3, 0.4) is 0 Å². The number of methoxy groups -OCH3 is 1. The lowest BCUT2D eigenvalue weighted by molar-refractivity contribution is -0.140. The summed E-state index contributed by atoms with van der Waals surface area (Å²) in [5, 5.41) is 3.75. The van der Waals surface area contributed by atoms with Gasteiger partial charge in [0.2, 0.25) is 11.8 Å². The summed E-state index contributed by atoms with van der Waals surface area (Å²) in [5.74, 6) is -0.547. The molecular formula is C29H32Cl3N3O5S. The summed E-state index contributed by atoms with van der Waals surface area (Å²) in [5.41, 5.74) is 0.615. The molecule has 0 aliphatic rings. The van der Waals surface area contributed by atoms with E-state index in [0.717, 1.165) is 4.31 Å². The van der Waals surface area contributed by atoms with Gasteiger partial charge in [-0.3, -0.25) is 13.9 Å². The predicted molar refractivity (Wildman–Crippen MR) is 163 cm³/mol. The second-order valence-corrected chi connectivity index (χ2v) is 12.6. The fraction of sp³-hybridized carbons (Fsp3) is 0.310. The fourth-order valence-electron chi connectivity index (χ4n) is 4.19. The van der Waals surface area contributed by atoms with E-state index in [1.54, 1.807) is 37.3 Å². The molecule has 3 rings (SSSR count). The van der Waals surface area contributed by atoms with Crippen LogP contribution in [-0.4, -0.2) is 50.9 Å². The molecule has 0 unspecified atom stereocenters. The monoisotopic (exact) mass is 639 g/mol. The van der Waals surface area contributed by atoms with Crippen molar-refractivity contribution >= 4 is 62.3 Å². The molecule has 8 nitrogen and oxygen atoms in total. The Morgan fingerprint density at radius 1 is 0.951 bits per heavy atom. The normalized spacial score (nSPS) is 12.1. The summed E-state index contributed by atoms with van der Waals surface area (Å²) in [7, 11) is -2.79. The number of benzene rings is 3. The Hall–Kier alpha value is -2.98. The molecule has 0 heterocycles. The Labute approximate surface area is 256 Å². The van der Waals surface area contributed by atoms with E-state index in [4.69, 9.17) is 39.5 Å². The Balaban J connectivity index is 2.11. The minimum absolute atomic E-state index is 0.0589. The maximum atomic E-state index is 14.1. The van der Waals surface area contributed by atoms with E-state index in [1.807, 2.05) is 13.8 Å². The molecule has 0 radical (unpaired) electrons. The van der Waals surface area contributed by atoms with E-state index in [-0.39, 0.29) is 40.5 Å². The third kappa shape index (κ3) is 8.07. The smallest absolute Gasteiger partial charge is 0.264 e. The van der Waals surface area contributed by atoms with Gasteiger partial charge >= 0.3 is 0 Å². The lowest BCUT2D eigenvalue weighted by Gasteiger charge is -2.34. The van der Waals surface area contributed by atoms with Gasteiger partial charge in [-0.2, -0.15) is 0 Å². The van der Waals surface area contributed by atoms with Crippen LogP contribution < -0.4 is 14.4 Å². The van der Waals surface area contributed by atoms with Gasteiger partial charge in [0.05, 0.1) is 17.7 Å². The molecule has 0 aromatic heterocycles. The summed E-state index contributed by atoms with van der Waals surface area (Å²) in [6.45, 7) is 4.64. The van der Waals surface area contributed by atoms with Crippen LogP contribution in [0.2, 0.25) is 15.1 Å². The Kier molecular flexibility index (Phi) is 11.3. The maximum Gasteiger partial charge on any atom is 0.264 e. The summed E-state index contributed by atoms with van der Waals surface area (Å²) < 4.78 is 34.0. The van der Waals surface area contributed by atoms with Crippen LogP contribution >= 0.6 is 34.8 Å². The van der Waals surface area contributed by atoms with Gasteiger partial charge in [-0.1, -0.05) is 53.9 Å². The Bertz CT molecular complexity index is 1460. The van der Waals surface area contributed by atoms with Gasteiger partial charge in [0.15, 0.2) is 0 Å². The first-order chi connectivity index (χ1) is 19.4. The second kappa shape index (κ2) is 14.3. The molecule has 12 heteroatoms. The summed E-state index contributed by atoms with van der Waals surface area (Å²) in [6.07, 6.45) is 0.259.